The van der Waals surface area contributed by atoms with E-state index in [1.807, 2.05) is 26.8 Å². The Morgan fingerprint density at radius 1 is 0.750 bits per heavy atom. The van der Waals surface area contributed by atoms with Crippen LogP contribution in [-0.4, -0.2) is 46.6 Å². The van der Waals surface area contributed by atoms with Crippen molar-refractivity contribution in [3.05, 3.63) is 117 Å². The van der Waals surface area contributed by atoms with Crippen molar-refractivity contribution in [1.82, 2.24) is 0 Å². The molecule has 0 aliphatic heterocycles. The highest BCUT2D eigenvalue weighted by Crippen LogP contribution is 2.53. The van der Waals surface area contributed by atoms with Gasteiger partial charge in [-0.05, 0) is 87.2 Å². The van der Waals surface area contributed by atoms with Crippen molar-refractivity contribution in [3.63, 3.8) is 0 Å². The second kappa shape index (κ2) is 13.5. The van der Waals surface area contributed by atoms with Crippen LogP contribution < -0.4 is 0 Å². The third-order valence-corrected chi connectivity index (χ3v) is 8.74. The lowest BCUT2D eigenvalue weighted by Crippen LogP contribution is -2.31. The van der Waals surface area contributed by atoms with Crippen LogP contribution in [0.15, 0.2) is 84.0 Å². The zero-order valence-corrected chi connectivity index (χ0v) is 26.7. The number of Topliss-reactive ketones (excluding diaryl/α,β-unsaturated/α-hetero) is 1. The molecule has 248 valence electrons. The minimum Gasteiger partial charge on any atom is -0.508 e. The van der Waals surface area contributed by atoms with Gasteiger partial charge in [-0.3, -0.25) is 4.79 Å². The first-order chi connectivity index (χ1) is 22.7. The van der Waals surface area contributed by atoms with Crippen LogP contribution >= 0.6 is 0 Å². The zero-order valence-electron chi connectivity index (χ0n) is 26.7. The molecule has 3 atom stereocenters. The summed E-state index contributed by atoms with van der Waals surface area (Å²) in [7, 11) is 0. The lowest BCUT2D eigenvalue weighted by molar-refractivity contribution is 0.0876. The molecule has 1 aliphatic rings. The van der Waals surface area contributed by atoms with Crippen molar-refractivity contribution >= 4 is 17.9 Å². The molecular formula is C39H38O9. The summed E-state index contributed by atoms with van der Waals surface area (Å²) in [4.78, 5) is 14.6. The van der Waals surface area contributed by atoms with Crippen molar-refractivity contribution in [2.45, 2.75) is 45.4 Å². The Hall–Kier alpha value is -5.83. The summed E-state index contributed by atoms with van der Waals surface area (Å²) in [6.45, 7) is 5.58. The monoisotopic (exact) mass is 650 g/mol. The third kappa shape index (κ3) is 6.80. The van der Waals surface area contributed by atoms with E-state index in [0.717, 1.165) is 11.1 Å². The average Bonchev–Trinajstić information content (AvgIpc) is 2.99. The predicted molar refractivity (Wildman–Crippen MR) is 183 cm³/mol. The highest BCUT2D eigenvalue weighted by Gasteiger charge is 2.43. The minimum absolute atomic E-state index is 0.0586. The van der Waals surface area contributed by atoms with Crippen LogP contribution in [0.2, 0.25) is 0 Å². The van der Waals surface area contributed by atoms with Gasteiger partial charge in [0.25, 0.3) is 0 Å². The number of carbonyl (C=O) groups excluding carboxylic acids is 1. The highest BCUT2D eigenvalue weighted by molar-refractivity contribution is 6.02. The molecule has 9 heteroatoms. The van der Waals surface area contributed by atoms with Gasteiger partial charge < -0.3 is 40.9 Å². The topological polar surface area (TPSA) is 179 Å². The highest BCUT2D eigenvalue weighted by atomic mass is 16.3. The van der Waals surface area contributed by atoms with Crippen LogP contribution in [0.3, 0.4) is 0 Å². The molecule has 4 aromatic rings. The Bertz CT molecular complexity index is 1960. The maximum Gasteiger partial charge on any atom is 0.171 e. The zero-order chi connectivity index (χ0) is 34.9. The van der Waals surface area contributed by atoms with E-state index in [4.69, 9.17) is 0 Å². The van der Waals surface area contributed by atoms with E-state index >= 15 is 0 Å². The lowest BCUT2D eigenvalue weighted by atomic mass is 9.65. The van der Waals surface area contributed by atoms with E-state index in [0.29, 0.717) is 23.1 Å². The van der Waals surface area contributed by atoms with Crippen molar-refractivity contribution in [2.24, 2.45) is 5.92 Å². The SMILES string of the molecule is CC(C)=CCc1c(O)ccc(C(=O)[C@@H]2[C@H](c3c(O)cc(C=Cc4ccc(O)cc4O)cc3O)C=C(C)C[C@H]2c2ccc(O)cc2O)c1O. The molecule has 0 unspecified atom stereocenters. The first-order valence-electron chi connectivity index (χ1n) is 15.4. The average molecular weight is 651 g/mol. The number of hydrogen-bond acceptors (Lipinski definition) is 9. The Labute approximate surface area is 278 Å². The maximum atomic E-state index is 14.6. The molecule has 0 saturated carbocycles. The minimum atomic E-state index is -1.07. The van der Waals surface area contributed by atoms with Crippen LogP contribution in [0.5, 0.6) is 46.0 Å². The fourth-order valence-electron chi connectivity index (χ4n) is 6.41. The quantitative estimate of drug-likeness (QED) is 0.0538. The molecule has 0 bridgehead atoms. The van der Waals surface area contributed by atoms with Crippen molar-refractivity contribution in [1.29, 1.82) is 0 Å². The van der Waals surface area contributed by atoms with Gasteiger partial charge in [0.2, 0.25) is 0 Å². The first-order valence-corrected chi connectivity index (χ1v) is 15.4. The second-order valence-corrected chi connectivity index (χ2v) is 12.5. The predicted octanol–water partition coefficient (Wildman–Crippen LogP) is 7.73. The summed E-state index contributed by atoms with van der Waals surface area (Å²) in [5, 5.41) is 85.3. The molecule has 0 saturated heterocycles. The van der Waals surface area contributed by atoms with E-state index in [1.165, 1.54) is 60.7 Å². The molecule has 8 N–H and O–H groups in total. The normalized spacial score (nSPS) is 17.6. The third-order valence-electron chi connectivity index (χ3n) is 8.74. The standard InChI is InChI=1S/C39H38O9/c1-20(2)4-10-27-31(42)13-12-28(38(27)47)39(48)36-29(26-11-9-25(41)19-33(26)44)14-21(3)15-30(36)37-34(45)16-22(17-35(37)46)5-6-23-7-8-24(40)18-32(23)43/h4-9,11-13,15-19,29-30,36,40-47H,10,14H2,1-3H3/t29-,30+,36-/m0/s1. The first kappa shape index (κ1) is 33.5. The fourth-order valence-corrected chi connectivity index (χ4v) is 6.41. The number of allylic oxidation sites excluding steroid dienone is 4. The summed E-state index contributed by atoms with van der Waals surface area (Å²) in [6, 6.07) is 13.7. The second-order valence-electron chi connectivity index (χ2n) is 12.5. The smallest absolute Gasteiger partial charge is 0.171 e. The molecular weight excluding hydrogens is 612 g/mol. The number of phenols is 8. The summed E-state index contributed by atoms with van der Waals surface area (Å²) in [6.07, 6.45) is 7.17. The van der Waals surface area contributed by atoms with Crippen molar-refractivity contribution in [3.8, 4) is 46.0 Å². The van der Waals surface area contributed by atoms with E-state index in [2.05, 4.69) is 0 Å². The van der Waals surface area contributed by atoms with Crippen molar-refractivity contribution < 1.29 is 45.6 Å². The van der Waals surface area contributed by atoms with Crippen LogP contribution in [0.4, 0.5) is 0 Å². The maximum absolute atomic E-state index is 14.6. The molecule has 0 amide bonds. The van der Waals surface area contributed by atoms with Gasteiger partial charge in [-0.1, -0.05) is 41.5 Å². The van der Waals surface area contributed by atoms with Gasteiger partial charge in [0, 0.05) is 46.6 Å². The van der Waals surface area contributed by atoms with E-state index in [-0.39, 0.29) is 69.1 Å². The van der Waals surface area contributed by atoms with Gasteiger partial charge in [0.1, 0.15) is 46.0 Å². The van der Waals surface area contributed by atoms with Gasteiger partial charge in [-0.2, -0.15) is 0 Å². The van der Waals surface area contributed by atoms with Crippen LogP contribution in [0, 0.1) is 5.92 Å². The number of carbonyl (C=O) groups is 1. The molecule has 0 aromatic heterocycles. The Balaban J connectivity index is 1.65. The Morgan fingerprint density at radius 3 is 2.02 bits per heavy atom. The van der Waals surface area contributed by atoms with Gasteiger partial charge in [0.15, 0.2) is 5.78 Å². The Morgan fingerprint density at radius 2 is 1.40 bits per heavy atom. The number of ketones is 1. The summed E-state index contributed by atoms with van der Waals surface area (Å²) >= 11 is 0. The number of phenolic OH excluding ortho intramolecular Hbond substituents is 8. The van der Waals surface area contributed by atoms with Gasteiger partial charge >= 0.3 is 0 Å². The summed E-state index contributed by atoms with van der Waals surface area (Å²) in [5.41, 5.74) is 3.06. The molecule has 0 radical (unpaired) electrons. The molecule has 9 nitrogen and oxygen atoms in total. The molecule has 4 aromatic carbocycles. The van der Waals surface area contributed by atoms with Gasteiger partial charge in [0.05, 0.1) is 5.56 Å². The van der Waals surface area contributed by atoms with E-state index in [1.54, 1.807) is 18.2 Å². The fraction of sp³-hybridized carbons (Fsp3) is 0.205. The van der Waals surface area contributed by atoms with E-state index < -0.39 is 23.5 Å². The largest absolute Gasteiger partial charge is 0.508 e. The molecule has 48 heavy (non-hydrogen) atoms. The number of hydrogen-bond donors (Lipinski definition) is 8. The number of rotatable bonds is 8. The molecule has 5 rings (SSSR count). The lowest BCUT2D eigenvalue weighted by Gasteiger charge is -2.37. The Kier molecular flexibility index (Phi) is 9.43. The summed E-state index contributed by atoms with van der Waals surface area (Å²) < 4.78 is 0. The van der Waals surface area contributed by atoms with Crippen molar-refractivity contribution in [2.75, 3.05) is 0 Å². The molecule has 0 spiro atoms. The van der Waals surface area contributed by atoms with Crippen LogP contribution in [0.25, 0.3) is 12.2 Å². The number of aromatic hydroxyl groups is 8. The molecule has 0 fully saturated rings. The van der Waals surface area contributed by atoms with Crippen LogP contribution in [0.1, 0.15) is 77.2 Å². The number of benzene rings is 4. The van der Waals surface area contributed by atoms with Gasteiger partial charge in [-0.15, -0.1) is 0 Å². The van der Waals surface area contributed by atoms with Gasteiger partial charge in [-0.25, -0.2) is 0 Å². The van der Waals surface area contributed by atoms with Crippen LogP contribution in [-0.2, 0) is 6.42 Å². The molecule has 1 aliphatic carbocycles. The molecule has 0 heterocycles. The van der Waals surface area contributed by atoms with E-state index in [9.17, 15) is 45.6 Å². The summed E-state index contributed by atoms with van der Waals surface area (Å²) in [5.74, 6) is -5.11.